The number of halogens is 1. The smallest absolute Gasteiger partial charge is 0.243 e. The molecule has 2 aromatic heterocycles. The molecule has 0 aliphatic heterocycles. The van der Waals surface area contributed by atoms with Crippen molar-refractivity contribution in [1.29, 1.82) is 0 Å². The second-order valence-corrected chi connectivity index (χ2v) is 7.65. The van der Waals surface area contributed by atoms with Crippen LogP contribution in [0.2, 0.25) is 0 Å². The third-order valence-corrected chi connectivity index (χ3v) is 5.35. The molecule has 1 amide bonds. The molecule has 3 aromatic rings. The molecule has 146 valence electrons. The van der Waals surface area contributed by atoms with Gasteiger partial charge in [0.1, 0.15) is 16.5 Å². The number of carbonyl (C=O) groups excluding carboxylic acids is 1. The van der Waals surface area contributed by atoms with Crippen molar-refractivity contribution in [3.05, 3.63) is 72.5 Å². The van der Waals surface area contributed by atoms with Crippen molar-refractivity contribution in [2.45, 2.75) is 17.9 Å². The van der Waals surface area contributed by atoms with E-state index >= 15 is 0 Å². The molecule has 2 N–H and O–H groups in total. The maximum absolute atomic E-state index is 13.6. The van der Waals surface area contributed by atoms with Gasteiger partial charge in [0, 0.05) is 37.5 Å². The monoisotopic (exact) mass is 403 g/mol. The van der Waals surface area contributed by atoms with Crippen molar-refractivity contribution >= 4 is 15.9 Å². The molecule has 1 aromatic carbocycles. The van der Waals surface area contributed by atoms with Gasteiger partial charge in [0.2, 0.25) is 15.9 Å². The number of nitrogens with one attached hydrogen (secondary N) is 2. The Kier molecular flexibility index (Phi) is 6.17. The first kappa shape index (κ1) is 19.7. The minimum Gasteiger partial charge on any atom is -0.464 e. The van der Waals surface area contributed by atoms with Gasteiger partial charge in [-0.15, -0.1) is 0 Å². The summed E-state index contributed by atoms with van der Waals surface area (Å²) in [5, 5.41) is 2.69. The van der Waals surface area contributed by atoms with Gasteiger partial charge in [-0.25, -0.2) is 17.5 Å². The number of hydrogen-bond acceptors (Lipinski definition) is 5. The van der Waals surface area contributed by atoms with Crippen molar-refractivity contribution in [3.63, 3.8) is 0 Å². The Hall–Kier alpha value is -3.04. The first-order valence-corrected chi connectivity index (χ1v) is 9.93. The van der Waals surface area contributed by atoms with Gasteiger partial charge in [-0.05, 0) is 35.9 Å². The van der Waals surface area contributed by atoms with Crippen molar-refractivity contribution in [2.75, 3.05) is 6.54 Å². The van der Waals surface area contributed by atoms with Crippen molar-refractivity contribution in [3.8, 4) is 11.3 Å². The van der Waals surface area contributed by atoms with E-state index in [1.54, 1.807) is 30.8 Å². The molecule has 3 rings (SSSR count). The average molecular weight is 403 g/mol. The highest BCUT2D eigenvalue weighted by Gasteiger charge is 2.18. The fourth-order valence-corrected chi connectivity index (χ4v) is 3.60. The highest BCUT2D eigenvalue weighted by atomic mass is 32.2. The van der Waals surface area contributed by atoms with E-state index in [4.69, 9.17) is 4.42 Å². The van der Waals surface area contributed by atoms with E-state index in [2.05, 4.69) is 15.0 Å². The quantitative estimate of drug-likeness (QED) is 0.602. The van der Waals surface area contributed by atoms with Gasteiger partial charge in [-0.2, -0.15) is 0 Å². The molecule has 0 radical (unpaired) electrons. The topological polar surface area (TPSA) is 101 Å². The molecule has 28 heavy (non-hydrogen) atoms. The Balaban J connectivity index is 1.49. The van der Waals surface area contributed by atoms with Gasteiger partial charge in [-0.3, -0.25) is 9.78 Å². The minimum absolute atomic E-state index is 0.0843. The second kappa shape index (κ2) is 8.77. The number of hydrogen-bond donors (Lipinski definition) is 2. The standard InChI is InChI=1S/C19H18FN3O4S/c20-16-4-1-2-6-18(16)28(25,26)23-8-7-19(24)22-12-14-10-15(13-21-11-14)17-5-3-9-27-17/h1-6,9-11,13,23H,7-8,12H2,(H,22,24). The van der Waals surface area contributed by atoms with Crippen molar-refractivity contribution in [2.24, 2.45) is 0 Å². The SMILES string of the molecule is O=C(CCNS(=O)(=O)c1ccccc1F)NCc1cncc(-c2ccco2)c1. The van der Waals surface area contributed by atoms with Crippen LogP contribution in [0.25, 0.3) is 11.3 Å². The van der Waals surface area contributed by atoms with E-state index in [-0.39, 0.29) is 25.4 Å². The van der Waals surface area contributed by atoms with Crippen LogP contribution in [-0.2, 0) is 21.4 Å². The average Bonchev–Trinajstić information content (AvgIpc) is 3.21. The van der Waals surface area contributed by atoms with Crippen molar-refractivity contribution < 1.29 is 22.0 Å². The minimum atomic E-state index is -4.01. The van der Waals surface area contributed by atoms with E-state index in [9.17, 15) is 17.6 Å². The van der Waals surface area contributed by atoms with Crippen LogP contribution in [0.15, 0.2) is 70.4 Å². The fourth-order valence-electron chi connectivity index (χ4n) is 2.49. The van der Waals surface area contributed by atoms with E-state index < -0.39 is 20.7 Å². The number of benzene rings is 1. The summed E-state index contributed by atoms with van der Waals surface area (Å²) in [5.74, 6) is -0.522. The molecule has 0 fully saturated rings. The highest BCUT2D eigenvalue weighted by Crippen LogP contribution is 2.19. The molecular weight excluding hydrogens is 385 g/mol. The van der Waals surface area contributed by atoms with Gasteiger partial charge in [0.15, 0.2) is 0 Å². The van der Waals surface area contributed by atoms with Gasteiger partial charge in [0.25, 0.3) is 0 Å². The Labute approximate surface area is 161 Å². The zero-order chi connectivity index (χ0) is 20.0. The van der Waals surface area contributed by atoms with Crippen LogP contribution >= 0.6 is 0 Å². The Bertz CT molecular complexity index is 1050. The predicted octanol–water partition coefficient (Wildman–Crippen LogP) is 2.47. The van der Waals surface area contributed by atoms with Crippen LogP contribution in [0.5, 0.6) is 0 Å². The van der Waals surface area contributed by atoms with Crippen molar-refractivity contribution in [1.82, 2.24) is 15.0 Å². The summed E-state index contributed by atoms with van der Waals surface area (Å²) >= 11 is 0. The normalized spacial score (nSPS) is 11.3. The molecule has 0 saturated carbocycles. The molecular formula is C19H18FN3O4S. The molecule has 0 spiro atoms. The Morgan fingerprint density at radius 3 is 2.71 bits per heavy atom. The van der Waals surface area contributed by atoms with Crippen LogP contribution in [-0.4, -0.2) is 25.9 Å². The number of amides is 1. The molecule has 0 bridgehead atoms. The van der Waals surface area contributed by atoms with E-state index in [0.29, 0.717) is 5.76 Å². The van der Waals surface area contributed by atoms with Gasteiger partial charge in [0.05, 0.1) is 6.26 Å². The lowest BCUT2D eigenvalue weighted by atomic mass is 10.1. The molecule has 0 aliphatic rings. The summed E-state index contributed by atoms with van der Waals surface area (Å²) in [6.45, 7) is 0.0909. The van der Waals surface area contributed by atoms with Crippen LogP contribution in [0.4, 0.5) is 4.39 Å². The third kappa shape index (κ3) is 5.02. The van der Waals surface area contributed by atoms with Gasteiger partial charge in [-0.1, -0.05) is 12.1 Å². The molecule has 0 saturated heterocycles. The summed E-state index contributed by atoms with van der Waals surface area (Å²) in [4.78, 5) is 15.6. The maximum Gasteiger partial charge on any atom is 0.243 e. The van der Waals surface area contributed by atoms with Crippen LogP contribution in [0.3, 0.4) is 0 Å². The largest absolute Gasteiger partial charge is 0.464 e. The first-order valence-electron chi connectivity index (χ1n) is 8.44. The van der Waals surface area contributed by atoms with E-state index in [0.717, 1.165) is 23.3 Å². The lowest BCUT2D eigenvalue weighted by molar-refractivity contribution is -0.121. The Morgan fingerprint density at radius 1 is 1.14 bits per heavy atom. The third-order valence-electron chi connectivity index (χ3n) is 3.86. The Morgan fingerprint density at radius 2 is 1.96 bits per heavy atom. The predicted molar refractivity (Wildman–Crippen MR) is 100.0 cm³/mol. The summed E-state index contributed by atoms with van der Waals surface area (Å²) in [7, 11) is -4.01. The lowest BCUT2D eigenvalue weighted by Gasteiger charge is -2.08. The second-order valence-electron chi connectivity index (χ2n) is 5.91. The molecule has 0 unspecified atom stereocenters. The van der Waals surface area contributed by atoms with Crippen LogP contribution < -0.4 is 10.0 Å². The zero-order valence-electron chi connectivity index (χ0n) is 14.8. The highest BCUT2D eigenvalue weighted by molar-refractivity contribution is 7.89. The number of rotatable bonds is 8. The lowest BCUT2D eigenvalue weighted by Crippen LogP contribution is -2.31. The fraction of sp³-hybridized carbons (Fsp3) is 0.158. The molecule has 0 aliphatic carbocycles. The van der Waals surface area contributed by atoms with Gasteiger partial charge < -0.3 is 9.73 Å². The summed E-state index contributed by atoms with van der Waals surface area (Å²) < 4.78 is 45.3. The first-order chi connectivity index (χ1) is 13.5. The van der Waals surface area contributed by atoms with Crippen LogP contribution in [0, 0.1) is 5.82 Å². The molecule has 7 nitrogen and oxygen atoms in total. The summed E-state index contributed by atoms with van der Waals surface area (Å²) in [5.41, 5.74) is 1.56. The van der Waals surface area contributed by atoms with Gasteiger partial charge >= 0.3 is 0 Å². The number of carbonyl (C=O) groups is 1. The number of sulfonamides is 1. The molecule has 0 atom stereocenters. The number of nitrogens with zero attached hydrogens (tertiary/aromatic N) is 1. The molecule has 2 heterocycles. The number of aromatic nitrogens is 1. The molecule has 9 heteroatoms. The summed E-state index contributed by atoms with van der Waals surface area (Å²) in [6.07, 6.45) is 4.75. The number of pyridine rings is 1. The number of furan rings is 1. The van der Waals surface area contributed by atoms with E-state index in [1.807, 2.05) is 6.07 Å². The van der Waals surface area contributed by atoms with Crippen LogP contribution in [0.1, 0.15) is 12.0 Å². The summed E-state index contributed by atoms with van der Waals surface area (Å²) in [6, 6.07) is 10.5. The van der Waals surface area contributed by atoms with E-state index in [1.165, 1.54) is 12.1 Å². The zero-order valence-corrected chi connectivity index (χ0v) is 15.6. The maximum atomic E-state index is 13.6.